The average Bonchev–Trinajstić information content (AvgIpc) is 3.17. The molecule has 5 nitrogen and oxygen atoms in total. The lowest BCUT2D eigenvalue weighted by molar-refractivity contribution is 0.161. The van der Waals surface area contributed by atoms with Crippen molar-refractivity contribution in [1.82, 2.24) is 14.5 Å². The molecule has 28 heavy (non-hydrogen) atoms. The molecule has 0 unspecified atom stereocenters. The summed E-state index contributed by atoms with van der Waals surface area (Å²) in [5.74, 6) is 0. The van der Waals surface area contributed by atoms with Crippen LogP contribution in [-0.4, -0.2) is 27.7 Å². The first-order chi connectivity index (χ1) is 13.8. The van der Waals surface area contributed by atoms with Gasteiger partial charge in [-0.1, -0.05) is 30.3 Å². The van der Waals surface area contributed by atoms with E-state index in [9.17, 15) is 4.79 Å². The summed E-state index contributed by atoms with van der Waals surface area (Å²) in [6.45, 7) is 1.96. The zero-order chi connectivity index (χ0) is 18.9. The summed E-state index contributed by atoms with van der Waals surface area (Å²) in [6.07, 6.45) is 7.43. The minimum absolute atomic E-state index is 0.0133. The molecule has 0 fully saturated rings. The molecule has 2 aromatic heterocycles. The van der Waals surface area contributed by atoms with Gasteiger partial charge in [0.15, 0.2) is 0 Å². The number of fused-ring (bicyclic) bond motifs is 2. The highest BCUT2D eigenvalue weighted by molar-refractivity contribution is 5.83. The van der Waals surface area contributed by atoms with Crippen molar-refractivity contribution in [3.05, 3.63) is 82.5 Å². The van der Waals surface area contributed by atoms with Crippen molar-refractivity contribution in [3.63, 3.8) is 0 Å². The van der Waals surface area contributed by atoms with Crippen LogP contribution in [0.3, 0.4) is 0 Å². The molecule has 0 saturated carbocycles. The first-order valence-electron chi connectivity index (χ1n) is 9.61. The molecule has 5 heteroatoms. The van der Waals surface area contributed by atoms with Crippen molar-refractivity contribution in [2.75, 3.05) is 13.2 Å². The predicted molar refractivity (Wildman–Crippen MR) is 111 cm³/mol. The van der Waals surface area contributed by atoms with Crippen LogP contribution in [0.25, 0.3) is 27.4 Å². The lowest BCUT2D eigenvalue weighted by Crippen LogP contribution is -2.21. The summed E-state index contributed by atoms with van der Waals surface area (Å²) >= 11 is 0. The van der Waals surface area contributed by atoms with Gasteiger partial charge in [-0.3, -0.25) is 9.36 Å². The van der Waals surface area contributed by atoms with Crippen LogP contribution in [-0.2, 0) is 17.7 Å². The minimum Gasteiger partial charge on any atom is -0.377 e. The zero-order valence-electron chi connectivity index (χ0n) is 15.5. The van der Waals surface area contributed by atoms with Crippen LogP contribution in [0.4, 0.5) is 0 Å². The van der Waals surface area contributed by atoms with Crippen molar-refractivity contribution in [3.8, 4) is 0 Å². The summed E-state index contributed by atoms with van der Waals surface area (Å²) in [6, 6.07) is 14.2. The number of aryl methyl sites for hydroxylation is 2. The van der Waals surface area contributed by atoms with E-state index in [1.807, 2.05) is 36.5 Å². The molecule has 1 N–H and O–H groups in total. The summed E-state index contributed by atoms with van der Waals surface area (Å²) in [7, 11) is 0. The van der Waals surface area contributed by atoms with E-state index in [2.05, 4.69) is 28.2 Å². The summed E-state index contributed by atoms with van der Waals surface area (Å²) in [5, 5.41) is 1.88. The molecule has 3 heterocycles. The monoisotopic (exact) mass is 371 g/mol. The van der Waals surface area contributed by atoms with Crippen LogP contribution in [0, 0.1) is 0 Å². The van der Waals surface area contributed by atoms with Gasteiger partial charge in [-0.2, -0.15) is 0 Å². The molecule has 1 aliphatic heterocycles. The van der Waals surface area contributed by atoms with Crippen molar-refractivity contribution in [1.29, 1.82) is 0 Å². The highest BCUT2D eigenvalue weighted by Gasteiger charge is 2.11. The smallest absolute Gasteiger partial charge is 0.261 e. The molecule has 1 aliphatic rings. The summed E-state index contributed by atoms with van der Waals surface area (Å²) in [4.78, 5) is 20.9. The van der Waals surface area contributed by atoms with Crippen molar-refractivity contribution >= 4 is 27.4 Å². The number of nitrogens with zero attached hydrogens (tertiary/aromatic N) is 2. The van der Waals surface area contributed by atoms with E-state index in [-0.39, 0.29) is 5.56 Å². The Hall–Kier alpha value is -3.18. The van der Waals surface area contributed by atoms with Crippen LogP contribution in [0.15, 0.2) is 65.9 Å². The highest BCUT2D eigenvalue weighted by atomic mass is 16.5. The Kier molecular flexibility index (Phi) is 4.29. The normalized spacial score (nSPS) is 14.5. The van der Waals surface area contributed by atoms with Gasteiger partial charge in [0.25, 0.3) is 5.56 Å². The van der Waals surface area contributed by atoms with Crippen molar-refractivity contribution < 1.29 is 4.74 Å². The number of hydrogen-bond donors (Lipinski definition) is 1. The SMILES string of the molecule is O=c1c2cc(C3=CCOCC3)ccc2ncn1CCc1c[nH]c2ccccc12. The van der Waals surface area contributed by atoms with E-state index in [1.165, 1.54) is 16.5 Å². The zero-order valence-corrected chi connectivity index (χ0v) is 15.5. The third kappa shape index (κ3) is 3.04. The van der Waals surface area contributed by atoms with Crippen LogP contribution in [0.1, 0.15) is 17.5 Å². The Labute approximate surface area is 162 Å². The molecule has 0 amide bonds. The fraction of sp³-hybridized carbons (Fsp3) is 0.217. The van der Waals surface area contributed by atoms with E-state index in [0.29, 0.717) is 18.5 Å². The number of aromatic nitrogens is 3. The lowest BCUT2D eigenvalue weighted by atomic mass is 10.00. The molecule has 4 aromatic rings. The standard InChI is InChI=1S/C23H21N3O2/c27-23-20-13-17(16-8-11-28-12-9-16)5-6-22(20)25-15-26(23)10-7-18-14-24-21-4-2-1-3-19(18)21/h1-6,8,13-15,24H,7,9-12H2. The van der Waals surface area contributed by atoms with E-state index in [0.717, 1.165) is 36.0 Å². The Morgan fingerprint density at radius 1 is 1.14 bits per heavy atom. The highest BCUT2D eigenvalue weighted by Crippen LogP contribution is 2.23. The number of H-pyrrole nitrogens is 1. The Balaban J connectivity index is 1.47. The maximum Gasteiger partial charge on any atom is 0.261 e. The van der Waals surface area contributed by atoms with E-state index < -0.39 is 0 Å². The van der Waals surface area contributed by atoms with Crippen LogP contribution >= 0.6 is 0 Å². The topological polar surface area (TPSA) is 59.9 Å². The van der Waals surface area contributed by atoms with Crippen LogP contribution < -0.4 is 5.56 Å². The number of nitrogens with one attached hydrogen (secondary N) is 1. The van der Waals surface area contributed by atoms with Gasteiger partial charge in [-0.15, -0.1) is 0 Å². The number of para-hydroxylation sites is 1. The number of aromatic amines is 1. The molecular formula is C23H21N3O2. The Bertz CT molecular complexity index is 1250. The van der Waals surface area contributed by atoms with Gasteiger partial charge in [0.2, 0.25) is 0 Å². The molecule has 0 bridgehead atoms. The Morgan fingerprint density at radius 2 is 2.07 bits per heavy atom. The maximum absolute atomic E-state index is 13.1. The van der Waals surface area contributed by atoms with Crippen LogP contribution in [0.5, 0.6) is 0 Å². The van der Waals surface area contributed by atoms with Crippen molar-refractivity contribution in [2.24, 2.45) is 0 Å². The summed E-state index contributed by atoms with van der Waals surface area (Å²) in [5.41, 5.74) is 5.41. The van der Waals surface area contributed by atoms with Gasteiger partial charge in [0, 0.05) is 23.6 Å². The molecule has 140 valence electrons. The number of hydrogen-bond acceptors (Lipinski definition) is 3. The van der Waals surface area contributed by atoms with Gasteiger partial charge in [0.1, 0.15) is 0 Å². The van der Waals surface area contributed by atoms with Gasteiger partial charge in [-0.05, 0) is 47.7 Å². The number of rotatable bonds is 4. The van der Waals surface area contributed by atoms with Gasteiger partial charge >= 0.3 is 0 Å². The molecule has 0 atom stereocenters. The fourth-order valence-electron chi connectivity index (χ4n) is 3.89. The molecular weight excluding hydrogens is 350 g/mol. The summed E-state index contributed by atoms with van der Waals surface area (Å²) < 4.78 is 7.11. The predicted octanol–water partition coefficient (Wildman–Crippen LogP) is 3.92. The minimum atomic E-state index is 0.0133. The molecule has 0 spiro atoms. The molecule has 0 saturated heterocycles. The molecule has 5 rings (SSSR count). The fourth-order valence-corrected chi connectivity index (χ4v) is 3.89. The quantitative estimate of drug-likeness (QED) is 0.591. The largest absolute Gasteiger partial charge is 0.377 e. The second-order valence-corrected chi connectivity index (χ2v) is 7.14. The van der Waals surface area contributed by atoms with E-state index >= 15 is 0 Å². The molecule has 0 radical (unpaired) electrons. The van der Waals surface area contributed by atoms with Crippen LogP contribution in [0.2, 0.25) is 0 Å². The Morgan fingerprint density at radius 3 is 2.96 bits per heavy atom. The third-order valence-electron chi connectivity index (χ3n) is 5.46. The second-order valence-electron chi connectivity index (χ2n) is 7.14. The number of benzene rings is 2. The van der Waals surface area contributed by atoms with Gasteiger partial charge < -0.3 is 9.72 Å². The lowest BCUT2D eigenvalue weighted by Gasteiger charge is -2.14. The first kappa shape index (κ1) is 17.0. The van der Waals surface area contributed by atoms with E-state index in [1.54, 1.807) is 10.9 Å². The third-order valence-corrected chi connectivity index (χ3v) is 5.46. The number of ether oxygens (including phenoxy) is 1. The second kappa shape index (κ2) is 7.09. The first-order valence-corrected chi connectivity index (χ1v) is 9.61. The van der Waals surface area contributed by atoms with E-state index in [4.69, 9.17) is 4.74 Å². The molecule has 0 aliphatic carbocycles. The average molecular weight is 371 g/mol. The molecule has 2 aromatic carbocycles. The van der Waals surface area contributed by atoms with Gasteiger partial charge in [0.05, 0.1) is 30.4 Å². The van der Waals surface area contributed by atoms with Gasteiger partial charge in [-0.25, -0.2) is 4.98 Å². The maximum atomic E-state index is 13.1. The van der Waals surface area contributed by atoms with Crippen molar-refractivity contribution in [2.45, 2.75) is 19.4 Å².